The van der Waals surface area contributed by atoms with Crippen LogP contribution in [0.4, 0.5) is 0 Å². The van der Waals surface area contributed by atoms with Crippen molar-refractivity contribution in [2.45, 2.75) is 27.0 Å². The van der Waals surface area contributed by atoms with Crippen molar-refractivity contribution in [2.75, 3.05) is 0 Å². The summed E-state index contributed by atoms with van der Waals surface area (Å²) in [5.74, 6) is 1.52. The highest BCUT2D eigenvalue weighted by Gasteiger charge is 2.13. The van der Waals surface area contributed by atoms with Gasteiger partial charge >= 0.3 is 0 Å². The van der Waals surface area contributed by atoms with Gasteiger partial charge in [0, 0.05) is 6.54 Å². The molecule has 0 saturated heterocycles. The van der Waals surface area contributed by atoms with E-state index in [0.29, 0.717) is 22.3 Å². The summed E-state index contributed by atoms with van der Waals surface area (Å²) >= 11 is 6.05. The molecular weight excluding hydrogens is 290 g/mol. The van der Waals surface area contributed by atoms with E-state index in [2.05, 4.69) is 23.9 Å². The van der Waals surface area contributed by atoms with Gasteiger partial charge in [-0.15, -0.1) is 0 Å². The van der Waals surface area contributed by atoms with Crippen LogP contribution in [0.1, 0.15) is 25.2 Å². The summed E-state index contributed by atoms with van der Waals surface area (Å²) in [4.78, 5) is 4.19. The molecule has 0 aliphatic rings. The first-order valence-electron chi connectivity index (χ1n) is 6.61. The third-order valence-corrected chi connectivity index (χ3v) is 3.15. The summed E-state index contributed by atoms with van der Waals surface area (Å²) in [6.45, 7) is 5.23. The van der Waals surface area contributed by atoms with Crippen molar-refractivity contribution in [1.29, 1.82) is 5.41 Å². The highest BCUT2D eigenvalue weighted by atomic mass is 35.5. The molecule has 0 saturated carbocycles. The first-order chi connectivity index (χ1) is 9.99. The van der Waals surface area contributed by atoms with Gasteiger partial charge in [-0.05, 0) is 18.1 Å². The molecule has 112 valence electrons. The molecule has 6 nitrogen and oxygen atoms in total. The number of benzene rings is 1. The van der Waals surface area contributed by atoms with Gasteiger partial charge in [0.2, 0.25) is 0 Å². The third-order valence-electron chi connectivity index (χ3n) is 2.84. The average Bonchev–Trinajstić information content (AvgIpc) is 2.82. The van der Waals surface area contributed by atoms with E-state index in [-0.39, 0.29) is 12.4 Å². The summed E-state index contributed by atoms with van der Waals surface area (Å²) in [7, 11) is 0. The van der Waals surface area contributed by atoms with Gasteiger partial charge in [0.1, 0.15) is 24.5 Å². The molecule has 0 spiro atoms. The highest BCUT2D eigenvalue weighted by Crippen LogP contribution is 2.26. The largest absolute Gasteiger partial charge is 0.485 e. The molecule has 0 unspecified atom stereocenters. The topological polar surface area (TPSA) is 89.8 Å². The Bertz CT molecular complexity index is 638. The molecule has 3 N–H and O–H groups in total. The fraction of sp³-hybridized carbons (Fsp3) is 0.357. The molecule has 2 rings (SSSR count). The number of nitrogens with zero attached hydrogens (tertiary/aromatic N) is 3. The van der Waals surface area contributed by atoms with E-state index in [1.807, 2.05) is 4.68 Å². The predicted molar refractivity (Wildman–Crippen MR) is 81.7 cm³/mol. The van der Waals surface area contributed by atoms with E-state index >= 15 is 0 Å². The molecule has 0 radical (unpaired) electrons. The first kappa shape index (κ1) is 15.3. The maximum atomic E-state index is 7.58. The molecule has 0 amide bonds. The van der Waals surface area contributed by atoms with Crippen LogP contribution in [0.5, 0.6) is 5.75 Å². The maximum absolute atomic E-state index is 7.58. The van der Waals surface area contributed by atoms with Crippen molar-refractivity contribution in [3.8, 4) is 5.75 Å². The molecule has 0 aliphatic heterocycles. The van der Waals surface area contributed by atoms with Crippen molar-refractivity contribution in [3.63, 3.8) is 0 Å². The minimum Gasteiger partial charge on any atom is -0.485 e. The van der Waals surface area contributed by atoms with Crippen molar-refractivity contribution in [2.24, 2.45) is 11.7 Å². The van der Waals surface area contributed by atoms with E-state index in [9.17, 15) is 0 Å². The number of nitrogens with two attached hydrogens (primary N) is 1. The Balaban J connectivity index is 2.16. The van der Waals surface area contributed by atoms with Crippen LogP contribution >= 0.6 is 11.6 Å². The Morgan fingerprint density at radius 1 is 1.48 bits per heavy atom. The molecule has 7 heteroatoms. The molecular formula is C14H18ClN5O. The number of halogens is 1. The Hall–Kier alpha value is -2.08. The Morgan fingerprint density at radius 2 is 2.24 bits per heavy atom. The van der Waals surface area contributed by atoms with Crippen LogP contribution in [0.3, 0.4) is 0 Å². The maximum Gasteiger partial charge on any atom is 0.164 e. The van der Waals surface area contributed by atoms with Crippen LogP contribution in [0.15, 0.2) is 24.5 Å². The number of nitrogens with one attached hydrogen (secondary N) is 1. The molecule has 21 heavy (non-hydrogen) atoms. The second kappa shape index (κ2) is 6.58. The molecule has 0 bridgehead atoms. The minimum absolute atomic E-state index is 0.126. The van der Waals surface area contributed by atoms with Crippen molar-refractivity contribution < 1.29 is 4.74 Å². The number of hydrogen-bond acceptors (Lipinski definition) is 4. The van der Waals surface area contributed by atoms with Crippen molar-refractivity contribution in [1.82, 2.24) is 14.8 Å². The summed E-state index contributed by atoms with van der Waals surface area (Å²) in [5.41, 5.74) is 5.94. The second-order valence-electron chi connectivity index (χ2n) is 5.07. The van der Waals surface area contributed by atoms with Crippen LogP contribution in [0.2, 0.25) is 5.02 Å². The first-order valence-corrected chi connectivity index (χ1v) is 6.99. The number of nitrogen functional groups attached to an aromatic ring is 1. The predicted octanol–water partition coefficient (Wildman–Crippen LogP) is 2.45. The zero-order chi connectivity index (χ0) is 15.4. The van der Waals surface area contributed by atoms with Crippen LogP contribution in [0, 0.1) is 11.3 Å². The van der Waals surface area contributed by atoms with Gasteiger partial charge in [-0.2, -0.15) is 5.10 Å². The zero-order valence-corrected chi connectivity index (χ0v) is 12.8. The lowest BCUT2D eigenvalue weighted by Crippen LogP contribution is -2.15. The molecule has 1 aromatic carbocycles. The summed E-state index contributed by atoms with van der Waals surface area (Å²) in [5, 5.41) is 12.2. The normalized spacial score (nSPS) is 10.9. The van der Waals surface area contributed by atoms with Gasteiger partial charge in [-0.25, -0.2) is 9.67 Å². The minimum atomic E-state index is -0.126. The molecule has 2 aromatic rings. The van der Waals surface area contributed by atoms with Crippen LogP contribution in [-0.4, -0.2) is 20.6 Å². The number of rotatable bonds is 6. The standard InChI is InChI=1S/C14H18ClN5O/c1-9(2)6-20-12(18-8-19-20)7-21-11-5-3-4-10(15)13(11)14(16)17/h3-5,8-9H,6-7H2,1-2H3,(H3,16,17). The van der Waals surface area contributed by atoms with Gasteiger partial charge in [-0.3, -0.25) is 5.41 Å². The molecule has 1 heterocycles. The summed E-state index contributed by atoms with van der Waals surface area (Å²) < 4.78 is 7.53. The van der Waals surface area contributed by atoms with Gasteiger partial charge in [0.15, 0.2) is 5.82 Å². The van der Waals surface area contributed by atoms with E-state index in [4.69, 9.17) is 27.5 Å². The molecule has 1 aromatic heterocycles. The lowest BCUT2D eigenvalue weighted by molar-refractivity contribution is 0.282. The Morgan fingerprint density at radius 3 is 2.90 bits per heavy atom. The second-order valence-corrected chi connectivity index (χ2v) is 5.47. The lowest BCUT2D eigenvalue weighted by atomic mass is 10.2. The molecule has 0 fully saturated rings. The number of aromatic nitrogens is 3. The van der Waals surface area contributed by atoms with Crippen molar-refractivity contribution >= 4 is 17.4 Å². The number of hydrogen-bond donors (Lipinski definition) is 2. The van der Waals surface area contributed by atoms with Crippen molar-refractivity contribution in [3.05, 3.63) is 40.9 Å². The van der Waals surface area contributed by atoms with E-state index in [1.54, 1.807) is 18.2 Å². The van der Waals surface area contributed by atoms with Crippen LogP contribution < -0.4 is 10.5 Å². The smallest absolute Gasteiger partial charge is 0.164 e. The summed E-state index contributed by atoms with van der Waals surface area (Å²) in [6, 6.07) is 5.15. The fourth-order valence-electron chi connectivity index (χ4n) is 1.93. The molecule has 0 aliphatic carbocycles. The lowest BCUT2D eigenvalue weighted by Gasteiger charge is -2.13. The molecule has 0 atom stereocenters. The third kappa shape index (κ3) is 3.72. The zero-order valence-electron chi connectivity index (χ0n) is 12.0. The number of amidine groups is 1. The van der Waals surface area contributed by atoms with Gasteiger partial charge < -0.3 is 10.5 Å². The number of ether oxygens (including phenoxy) is 1. The van der Waals surface area contributed by atoms with Gasteiger partial charge in [-0.1, -0.05) is 31.5 Å². The van der Waals surface area contributed by atoms with E-state index < -0.39 is 0 Å². The van der Waals surface area contributed by atoms with E-state index in [0.717, 1.165) is 12.4 Å². The van der Waals surface area contributed by atoms with E-state index in [1.165, 1.54) is 6.33 Å². The van der Waals surface area contributed by atoms with Gasteiger partial charge in [0.05, 0.1) is 10.6 Å². The quantitative estimate of drug-likeness (QED) is 0.633. The monoisotopic (exact) mass is 307 g/mol. The van der Waals surface area contributed by atoms with Crippen LogP contribution in [-0.2, 0) is 13.2 Å². The highest BCUT2D eigenvalue weighted by molar-refractivity contribution is 6.34. The average molecular weight is 308 g/mol. The van der Waals surface area contributed by atoms with Crippen LogP contribution in [0.25, 0.3) is 0 Å². The fourth-order valence-corrected chi connectivity index (χ4v) is 2.19. The summed E-state index contributed by atoms with van der Waals surface area (Å²) in [6.07, 6.45) is 1.50. The Labute approximate surface area is 128 Å². The Kier molecular flexibility index (Phi) is 4.80. The SMILES string of the molecule is CC(C)Cn1ncnc1COc1cccc(Cl)c1C(=N)N. The van der Waals surface area contributed by atoms with Gasteiger partial charge in [0.25, 0.3) is 0 Å².